The Hall–Kier alpha value is -0.120. The molecule has 130 valence electrons. The van der Waals surface area contributed by atoms with Gasteiger partial charge < -0.3 is 9.80 Å². The van der Waals surface area contributed by atoms with E-state index in [2.05, 4.69) is 56.4 Å². The van der Waals surface area contributed by atoms with Crippen LogP contribution in [0.1, 0.15) is 53.9 Å². The van der Waals surface area contributed by atoms with Crippen LogP contribution < -0.4 is 0 Å². The molecular formula is C19H39N3. The summed E-state index contributed by atoms with van der Waals surface area (Å²) in [6, 6.07) is 0. The van der Waals surface area contributed by atoms with E-state index in [0.29, 0.717) is 11.0 Å². The fourth-order valence-corrected chi connectivity index (χ4v) is 4.08. The molecule has 22 heavy (non-hydrogen) atoms. The Labute approximate surface area is 139 Å². The van der Waals surface area contributed by atoms with Crippen molar-refractivity contribution in [2.45, 2.75) is 59.4 Å². The van der Waals surface area contributed by atoms with Crippen molar-refractivity contribution >= 4 is 0 Å². The first-order chi connectivity index (χ1) is 10.2. The lowest BCUT2D eigenvalue weighted by atomic mass is 9.71. The normalized spacial score (nSPS) is 24.8. The molecule has 3 heteroatoms. The maximum atomic E-state index is 2.69. The third-order valence-electron chi connectivity index (χ3n) is 6.22. The van der Waals surface area contributed by atoms with Crippen LogP contribution in [0, 0.1) is 11.3 Å². The second-order valence-corrected chi connectivity index (χ2v) is 9.32. The molecule has 0 amide bonds. The summed E-state index contributed by atoms with van der Waals surface area (Å²) in [5, 5.41) is 0. The lowest BCUT2D eigenvalue weighted by Gasteiger charge is -2.44. The molecule has 0 bridgehead atoms. The SMILES string of the molecule is CN1CCC(C(C)(C)CCN2CCN(C(C)(C)C)CC2)CC1. The zero-order valence-corrected chi connectivity index (χ0v) is 16.0. The molecule has 0 spiro atoms. The molecule has 3 nitrogen and oxygen atoms in total. The third kappa shape index (κ3) is 4.94. The van der Waals surface area contributed by atoms with Crippen molar-refractivity contribution in [1.82, 2.24) is 14.7 Å². The molecule has 2 aliphatic rings. The summed E-state index contributed by atoms with van der Waals surface area (Å²) in [5.74, 6) is 0.916. The third-order valence-corrected chi connectivity index (χ3v) is 6.22. The van der Waals surface area contributed by atoms with Gasteiger partial charge in [0, 0.05) is 31.7 Å². The van der Waals surface area contributed by atoms with Gasteiger partial charge in [0.2, 0.25) is 0 Å². The van der Waals surface area contributed by atoms with Gasteiger partial charge in [-0.2, -0.15) is 0 Å². The number of nitrogens with zero attached hydrogens (tertiary/aromatic N) is 3. The van der Waals surface area contributed by atoms with Gasteiger partial charge in [-0.25, -0.2) is 0 Å². The molecule has 0 radical (unpaired) electrons. The summed E-state index contributed by atoms with van der Waals surface area (Å²) in [6.07, 6.45) is 4.14. The topological polar surface area (TPSA) is 9.72 Å². The Morgan fingerprint density at radius 1 is 0.818 bits per heavy atom. The standard InChI is InChI=1S/C19H39N3/c1-18(2,3)22-15-13-21(14-16-22)12-9-19(4,5)17-7-10-20(6)11-8-17/h17H,7-16H2,1-6H3. The van der Waals surface area contributed by atoms with Crippen LogP contribution in [0.15, 0.2) is 0 Å². The van der Waals surface area contributed by atoms with Gasteiger partial charge in [0.25, 0.3) is 0 Å². The van der Waals surface area contributed by atoms with Gasteiger partial charge in [-0.3, -0.25) is 4.90 Å². The Bertz CT molecular complexity index is 329. The van der Waals surface area contributed by atoms with E-state index in [1.165, 1.54) is 65.1 Å². The summed E-state index contributed by atoms with van der Waals surface area (Å²) in [4.78, 5) is 7.81. The van der Waals surface area contributed by atoms with E-state index in [9.17, 15) is 0 Å². The van der Waals surface area contributed by atoms with Crippen molar-refractivity contribution in [2.24, 2.45) is 11.3 Å². The molecule has 0 aliphatic carbocycles. The first-order valence-electron chi connectivity index (χ1n) is 9.34. The fourth-order valence-electron chi connectivity index (χ4n) is 4.08. The van der Waals surface area contributed by atoms with Crippen LogP contribution in [-0.2, 0) is 0 Å². The summed E-state index contributed by atoms with van der Waals surface area (Å²) in [5.41, 5.74) is 0.835. The van der Waals surface area contributed by atoms with Crippen LogP contribution in [0.2, 0.25) is 0 Å². The van der Waals surface area contributed by atoms with Crippen molar-refractivity contribution in [3.05, 3.63) is 0 Å². The van der Waals surface area contributed by atoms with E-state index >= 15 is 0 Å². The molecule has 0 saturated carbocycles. The van der Waals surface area contributed by atoms with E-state index in [4.69, 9.17) is 0 Å². The van der Waals surface area contributed by atoms with Gasteiger partial charge in [0.1, 0.15) is 0 Å². The molecular weight excluding hydrogens is 270 g/mol. The Morgan fingerprint density at radius 3 is 1.86 bits per heavy atom. The van der Waals surface area contributed by atoms with E-state index in [-0.39, 0.29) is 0 Å². The number of hydrogen-bond acceptors (Lipinski definition) is 3. The minimum Gasteiger partial charge on any atom is -0.306 e. The predicted molar refractivity (Wildman–Crippen MR) is 96.4 cm³/mol. The van der Waals surface area contributed by atoms with E-state index < -0.39 is 0 Å². The second kappa shape index (κ2) is 7.19. The van der Waals surface area contributed by atoms with Crippen molar-refractivity contribution in [3.8, 4) is 0 Å². The summed E-state index contributed by atoms with van der Waals surface area (Å²) >= 11 is 0. The number of piperazine rings is 1. The lowest BCUT2D eigenvalue weighted by molar-refractivity contribution is 0.0460. The zero-order valence-electron chi connectivity index (χ0n) is 16.0. The number of likely N-dealkylation sites (tertiary alicyclic amines) is 1. The summed E-state index contributed by atoms with van der Waals surface area (Å²) < 4.78 is 0. The molecule has 2 aliphatic heterocycles. The first-order valence-corrected chi connectivity index (χ1v) is 9.34. The quantitative estimate of drug-likeness (QED) is 0.790. The lowest BCUT2D eigenvalue weighted by Crippen LogP contribution is -2.53. The average molecular weight is 310 g/mol. The van der Waals surface area contributed by atoms with Crippen LogP contribution in [0.3, 0.4) is 0 Å². The fraction of sp³-hybridized carbons (Fsp3) is 1.00. The molecule has 0 atom stereocenters. The van der Waals surface area contributed by atoms with E-state index in [0.717, 1.165) is 5.92 Å². The van der Waals surface area contributed by atoms with Crippen LogP contribution in [0.4, 0.5) is 0 Å². The highest BCUT2D eigenvalue weighted by Crippen LogP contribution is 2.37. The maximum absolute atomic E-state index is 2.69. The average Bonchev–Trinajstić information content (AvgIpc) is 2.45. The number of rotatable bonds is 4. The highest BCUT2D eigenvalue weighted by atomic mass is 15.3. The van der Waals surface area contributed by atoms with Gasteiger partial charge in [-0.1, -0.05) is 13.8 Å². The van der Waals surface area contributed by atoms with Crippen molar-refractivity contribution in [1.29, 1.82) is 0 Å². The maximum Gasteiger partial charge on any atom is 0.0126 e. The zero-order chi connectivity index (χ0) is 16.4. The minimum atomic E-state index is 0.333. The van der Waals surface area contributed by atoms with E-state index in [1.54, 1.807) is 0 Å². The van der Waals surface area contributed by atoms with Crippen molar-refractivity contribution in [2.75, 3.05) is 52.9 Å². The second-order valence-electron chi connectivity index (χ2n) is 9.32. The van der Waals surface area contributed by atoms with Gasteiger partial charge >= 0.3 is 0 Å². The number of piperidine rings is 1. The number of hydrogen-bond donors (Lipinski definition) is 0. The smallest absolute Gasteiger partial charge is 0.0126 e. The Balaban J connectivity index is 1.74. The van der Waals surface area contributed by atoms with Gasteiger partial charge in [0.05, 0.1) is 0 Å². The highest BCUT2D eigenvalue weighted by molar-refractivity contribution is 4.86. The molecule has 0 unspecified atom stereocenters. The van der Waals surface area contributed by atoms with Crippen molar-refractivity contribution in [3.63, 3.8) is 0 Å². The van der Waals surface area contributed by atoms with Crippen molar-refractivity contribution < 1.29 is 0 Å². The van der Waals surface area contributed by atoms with Gasteiger partial charge in [-0.15, -0.1) is 0 Å². The minimum absolute atomic E-state index is 0.333. The molecule has 2 rings (SSSR count). The molecule has 2 heterocycles. The van der Waals surface area contributed by atoms with E-state index in [1.807, 2.05) is 0 Å². The Morgan fingerprint density at radius 2 is 1.36 bits per heavy atom. The largest absolute Gasteiger partial charge is 0.306 e. The predicted octanol–water partition coefficient (Wildman–Crippen LogP) is 3.16. The highest BCUT2D eigenvalue weighted by Gasteiger charge is 2.32. The monoisotopic (exact) mass is 309 g/mol. The summed E-state index contributed by atoms with van der Waals surface area (Å²) in [6.45, 7) is 20.9. The molecule has 0 aromatic rings. The molecule has 0 aromatic carbocycles. The van der Waals surface area contributed by atoms with Crippen LogP contribution in [0.25, 0.3) is 0 Å². The summed E-state index contributed by atoms with van der Waals surface area (Å²) in [7, 11) is 2.26. The molecule has 2 fully saturated rings. The van der Waals surface area contributed by atoms with Gasteiger partial charge in [-0.05, 0) is 78.0 Å². The molecule has 2 saturated heterocycles. The molecule has 0 aromatic heterocycles. The molecule has 0 N–H and O–H groups in total. The van der Waals surface area contributed by atoms with Gasteiger partial charge in [0.15, 0.2) is 0 Å². The Kier molecular flexibility index (Phi) is 5.95. The van der Waals surface area contributed by atoms with Crippen LogP contribution in [0.5, 0.6) is 0 Å². The van der Waals surface area contributed by atoms with Crippen LogP contribution in [-0.4, -0.2) is 73.1 Å². The first kappa shape index (κ1) is 18.2. The van der Waals surface area contributed by atoms with Crippen LogP contribution >= 0.6 is 0 Å².